The first-order valence-corrected chi connectivity index (χ1v) is 8.91. The van der Waals surface area contributed by atoms with E-state index in [0.717, 1.165) is 16.7 Å². The summed E-state index contributed by atoms with van der Waals surface area (Å²) in [6, 6.07) is 1.73. The highest BCUT2D eigenvalue weighted by Crippen LogP contribution is 2.40. The first-order valence-electron chi connectivity index (χ1n) is 8.15. The van der Waals surface area contributed by atoms with Crippen molar-refractivity contribution in [1.29, 1.82) is 0 Å². The summed E-state index contributed by atoms with van der Waals surface area (Å²) in [7, 11) is 1.57. The normalized spacial score (nSPS) is 12.8. The number of carbonyl (C=O) groups excluding carboxylic acids is 1. The monoisotopic (exact) mass is 394 g/mol. The highest BCUT2D eigenvalue weighted by atomic mass is 35.5. The van der Waals surface area contributed by atoms with E-state index in [1.54, 1.807) is 26.2 Å². The number of hydrogen-bond acceptors (Lipinski definition) is 3. The molecular formula is C21H24Cl2O3. The van der Waals surface area contributed by atoms with Gasteiger partial charge in [-0.2, -0.15) is 0 Å². The van der Waals surface area contributed by atoms with Crippen LogP contribution in [0.3, 0.4) is 0 Å². The molecule has 5 heteroatoms. The molecule has 140 valence electrons. The first-order chi connectivity index (χ1) is 12.2. The van der Waals surface area contributed by atoms with Gasteiger partial charge in [-0.05, 0) is 44.9 Å². The number of hydrogen-bond donors (Lipinski definition) is 0. The Hall–Kier alpha value is -1.97. The minimum absolute atomic E-state index is 0.323. The molecule has 0 saturated carbocycles. The summed E-state index contributed by atoms with van der Waals surface area (Å²) in [5.74, 6) is 0.222. The number of halogens is 2. The smallest absolute Gasteiger partial charge is 0.330 e. The summed E-state index contributed by atoms with van der Waals surface area (Å²) in [6.07, 6.45) is 6.91. The number of esters is 1. The molecule has 26 heavy (non-hydrogen) atoms. The van der Waals surface area contributed by atoms with Crippen molar-refractivity contribution in [2.75, 3.05) is 13.7 Å². The molecular weight excluding hydrogens is 371 g/mol. The Morgan fingerprint density at radius 2 is 1.85 bits per heavy atom. The molecule has 1 rings (SSSR count). The molecule has 0 aromatic heterocycles. The van der Waals surface area contributed by atoms with Gasteiger partial charge in [0.1, 0.15) is 5.75 Å². The molecule has 0 atom stereocenters. The molecule has 0 aliphatic carbocycles. The van der Waals surface area contributed by atoms with Gasteiger partial charge in [-0.1, -0.05) is 53.6 Å². The molecule has 0 N–H and O–H groups in total. The molecule has 0 heterocycles. The van der Waals surface area contributed by atoms with E-state index in [-0.39, 0.29) is 0 Å². The fourth-order valence-corrected chi connectivity index (χ4v) is 2.97. The van der Waals surface area contributed by atoms with Crippen molar-refractivity contribution in [3.8, 4) is 5.75 Å². The summed E-state index contributed by atoms with van der Waals surface area (Å²) < 4.78 is 10.3. The van der Waals surface area contributed by atoms with E-state index in [1.807, 2.05) is 32.9 Å². The zero-order valence-corrected chi connectivity index (χ0v) is 17.3. The SMILES string of the molecule is C=C/C(C)=C/C(=C/C(C)=C/C(=O)OCC)c1c(Cl)cc(OC)c(C)c1Cl. The fraction of sp³-hybridized carbons (Fsp3) is 0.286. The second-order valence-corrected chi connectivity index (χ2v) is 6.49. The van der Waals surface area contributed by atoms with Gasteiger partial charge in [-0.3, -0.25) is 0 Å². The van der Waals surface area contributed by atoms with Crippen LogP contribution in [0.4, 0.5) is 0 Å². The van der Waals surface area contributed by atoms with Gasteiger partial charge in [0.15, 0.2) is 0 Å². The summed E-state index contributed by atoms with van der Waals surface area (Å²) in [4.78, 5) is 11.7. The predicted molar refractivity (Wildman–Crippen MR) is 110 cm³/mol. The first kappa shape index (κ1) is 22.1. The lowest BCUT2D eigenvalue weighted by molar-refractivity contribution is -0.137. The lowest BCUT2D eigenvalue weighted by atomic mass is 9.98. The van der Waals surface area contributed by atoms with Gasteiger partial charge in [-0.15, -0.1) is 0 Å². The van der Waals surface area contributed by atoms with Crippen LogP contribution in [0.25, 0.3) is 5.57 Å². The van der Waals surface area contributed by atoms with Crippen LogP contribution in [0.5, 0.6) is 5.75 Å². The topological polar surface area (TPSA) is 35.5 Å². The van der Waals surface area contributed by atoms with Crippen molar-refractivity contribution in [3.05, 3.63) is 69.3 Å². The second kappa shape index (κ2) is 10.2. The minimum atomic E-state index is -0.395. The molecule has 0 fully saturated rings. The van der Waals surface area contributed by atoms with Crippen LogP contribution in [0.2, 0.25) is 10.0 Å². The van der Waals surface area contributed by atoms with Crippen LogP contribution in [0.15, 0.2) is 48.1 Å². The van der Waals surface area contributed by atoms with Crippen LogP contribution in [0.1, 0.15) is 31.9 Å². The Balaban J connectivity index is 3.60. The largest absolute Gasteiger partial charge is 0.496 e. The third kappa shape index (κ3) is 5.79. The zero-order chi connectivity index (χ0) is 19.9. The van der Waals surface area contributed by atoms with Gasteiger partial charge < -0.3 is 9.47 Å². The molecule has 0 amide bonds. The third-order valence-electron chi connectivity index (χ3n) is 3.64. The highest BCUT2D eigenvalue weighted by molar-refractivity contribution is 6.38. The van der Waals surface area contributed by atoms with Gasteiger partial charge in [0.05, 0.1) is 23.8 Å². The minimum Gasteiger partial charge on any atom is -0.496 e. The number of rotatable bonds is 7. The fourth-order valence-electron chi connectivity index (χ4n) is 2.32. The van der Waals surface area contributed by atoms with Gasteiger partial charge in [0.2, 0.25) is 0 Å². The van der Waals surface area contributed by atoms with Crippen molar-refractivity contribution in [2.24, 2.45) is 0 Å². The van der Waals surface area contributed by atoms with E-state index >= 15 is 0 Å². The number of allylic oxidation sites excluding steroid dienone is 6. The number of ether oxygens (including phenoxy) is 2. The van der Waals surface area contributed by atoms with Crippen LogP contribution in [-0.4, -0.2) is 19.7 Å². The van der Waals surface area contributed by atoms with Crippen LogP contribution in [-0.2, 0) is 9.53 Å². The summed E-state index contributed by atoms with van der Waals surface area (Å²) in [5, 5.41) is 0.957. The molecule has 3 nitrogen and oxygen atoms in total. The maximum Gasteiger partial charge on any atom is 0.330 e. The molecule has 0 aliphatic rings. The lowest BCUT2D eigenvalue weighted by Crippen LogP contribution is -2.00. The summed E-state index contributed by atoms with van der Waals surface area (Å²) >= 11 is 13.0. The molecule has 0 bridgehead atoms. The van der Waals surface area contributed by atoms with E-state index in [2.05, 4.69) is 6.58 Å². The van der Waals surface area contributed by atoms with E-state index < -0.39 is 5.97 Å². The van der Waals surface area contributed by atoms with Crippen molar-refractivity contribution < 1.29 is 14.3 Å². The summed E-state index contributed by atoms with van der Waals surface area (Å²) in [6.45, 7) is 11.5. The third-order valence-corrected chi connectivity index (χ3v) is 4.41. The molecule has 0 aliphatic heterocycles. The predicted octanol–water partition coefficient (Wildman–Crippen LogP) is 6.34. The van der Waals surface area contributed by atoms with Crippen LogP contribution in [0, 0.1) is 6.92 Å². The number of carbonyl (C=O) groups is 1. The van der Waals surface area contributed by atoms with Crippen molar-refractivity contribution in [2.45, 2.75) is 27.7 Å². The summed E-state index contributed by atoms with van der Waals surface area (Å²) in [5.41, 5.74) is 3.87. The van der Waals surface area contributed by atoms with Gasteiger partial charge >= 0.3 is 5.97 Å². The lowest BCUT2D eigenvalue weighted by Gasteiger charge is -2.15. The Morgan fingerprint density at radius 1 is 1.19 bits per heavy atom. The van der Waals surface area contributed by atoms with Crippen molar-refractivity contribution >= 4 is 34.7 Å². The molecule has 0 saturated heterocycles. The number of methoxy groups -OCH3 is 1. The Labute approximate surface area is 165 Å². The van der Waals surface area contributed by atoms with E-state index in [9.17, 15) is 4.79 Å². The van der Waals surface area contributed by atoms with Gasteiger partial charge in [-0.25, -0.2) is 4.79 Å². The van der Waals surface area contributed by atoms with Crippen LogP contribution < -0.4 is 4.74 Å². The van der Waals surface area contributed by atoms with Crippen molar-refractivity contribution in [1.82, 2.24) is 0 Å². The van der Waals surface area contributed by atoms with E-state index in [0.29, 0.717) is 33.5 Å². The Morgan fingerprint density at radius 3 is 2.38 bits per heavy atom. The second-order valence-electron chi connectivity index (χ2n) is 5.71. The quantitative estimate of drug-likeness (QED) is 0.307. The average molecular weight is 395 g/mol. The molecule has 0 spiro atoms. The standard InChI is InChI=1S/C21H24Cl2O3/c1-7-13(3)9-16(10-14(4)11-19(24)26-8-2)20-17(22)12-18(25-6)15(5)21(20)23/h7,9-12H,1,8H2,2-6H3/b13-9+,14-11+,16-10-. The molecule has 0 unspecified atom stereocenters. The highest BCUT2D eigenvalue weighted by Gasteiger charge is 2.16. The average Bonchev–Trinajstić information content (AvgIpc) is 2.57. The molecule has 1 aromatic rings. The van der Waals surface area contributed by atoms with E-state index in [1.165, 1.54) is 6.08 Å². The molecule has 1 aromatic carbocycles. The Bertz CT molecular complexity index is 787. The van der Waals surface area contributed by atoms with Gasteiger partial charge in [0.25, 0.3) is 0 Å². The van der Waals surface area contributed by atoms with Crippen LogP contribution >= 0.6 is 23.2 Å². The maximum atomic E-state index is 11.7. The number of benzene rings is 1. The Kier molecular flexibility index (Phi) is 8.70. The maximum absolute atomic E-state index is 11.7. The zero-order valence-electron chi connectivity index (χ0n) is 15.8. The van der Waals surface area contributed by atoms with E-state index in [4.69, 9.17) is 32.7 Å². The van der Waals surface area contributed by atoms with Crippen molar-refractivity contribution in [3.63, 3.8) is 0 Å². The van der Waals surface area contributed by atoms with Gasteiger partial charge in [0, 0.05) is 17.2 Å². The molecule has 0 radical (unpaired) electrons.